The number of carbonyl (C=O) groups excluding carboxylic acids is 2. The molecule has 4 heteroatoms. The molecular weight excluding hydrogens is 316 g/mol. The maximum atomic E-state index is 13.1. The third kappa shape index (κ3) is 3.13. The van der Waals surface area contributed by atoms with Gasteiger partial charge in [-0.15, -0.1) is 0 Å². The zero-order valence-corrected chi connectivity index (χ0v) is 17.0. The Hall–Kier alpha value is -1.32. The van der Waals surface area contributed by atoms with Crippen LogP contribution in [0, 0.1) is 34.5 Å². The highest BCUT2D eigenvalue weighted by Crippen LogP contribution is 2.69. The fourth-order valence-electron chi connectivity index (χ4n) is 4.84. The number of fused-ring (bicyclic) bond motifs is 2. The van der Waals surface area contributed by atoms with Crippen molar-refractivity contribution in [3.05, 3.63) is 12.2 Å². The fourth-order valence-corrected chi connectivity index (χ4v) is 4.84. The van der Waals surface area contributed by atoms with E-state index in [1.54, 1.807) is 0 Å². The van der Waals surface area contributed by atoms with Crippen LogP contribution in [-0.2, 0) is 19.1 Å². The summed E-state index contributed by atoms with van der Waals surface area (Å²) in [6.07, 6.45) is 4.78. The highest BCUT2D eigenvalue weighted by atomic mass is 16.6. The minimum absolute atomic E-state index is 0.198. The number of allylic oxidation sites excluding steroid dienone is 2. The molecule has 0 aromatic rings. The number of ether oxygens (including phenoxy) is 2. The molecule has 142 valence electrons. The van der Waals surface area contributed by atoms with Crippen molar-refractivity contribution in [3.8, 4) is 0 Å². The first-order valence-corrected chi connectivity index (χ1v) is 9.59. The smallest absolute Gasteiger partial charge is 0.310 e. The van der Waals surface area contributed by atoms with Crippen molar-refractivity contribution >= 4 is 11.9 Å². The van der Waals surface area contributed by atoms with Gasteiger partial charge in [-0.3, -0.25) is 9.59 Å². The van der Waals surface area contributed by atoms with Crippen molar-refractivity contribution in [1.29, 1.82) is 0 Å². The van der Waals surface area contributed by atoms with Gasteiger partial charge in [0.25, 0.3) is 0 Å². The van der Waals surface area contributed by atoms with Crippen molar-refractivity contribution in [1.82, 2.24) is 0 Å². The number of rotatable bonds is 6. The number of hydrogen-bond donors (Lipinski definition) is 0. The fraction of sp³-hybridized carbons (Fsp3) is 0.810. The van der Waals surface area contributed by atoms with Crippen LogP contribution in [0.1, 0.15) is 61.8 Å². The Labute approximate surface area is 152 Å². The molecule has 4 nitrogen and oxygen atoms in total. The summed E-state index contributed by atoms with van der Waals surface area (Å²) >= 11 is 0. The quantitative estimate of drug-likeness (QED) is 0.527. The summed E-state index contributed by atoms with van der Waals surface area (Å²) in [6, 6.07) is 0. The van der Waals surface area contributed by atoms with E-state index in [2.05, 4.69) is 39.8 Å². The molecular formula is C21H34O4. The molecule has 1 saturated carbocycles. The van der Waals surface area contributed by atoms with Gasteiger partial charge in [0.2, 0.25) is 0 Å². The van der Waals surface area contributed by atoms with Gasteiger partial charge in [-0.25, -0.2) is 0 Å². The third-order valence-electron chi connectivity index (χ3n) is 6.17. The zero-order chi connectivity index (χ0) is 19.2. The van der Waals surface area contributed by atoms with Gasteiger partial charge >= 0.3 is 11.9 Å². The largest absolute Gasteiger partial charge is 0.463 e. The topological polar surface area (TPSA) is 52.6 Å². The lowest BCUT2D eigenvalue weighted by Crippen LogP contribution is -2.46. The van der Waals surface area contributed by atoms with Crippen molar-refractivity contribution in [2.45, 2.75) is 74.0 Å². The Balaban J connectivity index is 2.55. The van der Waals surface area contributed by atoms with Crippen LogP contribution in [0.2, 0.25) is 0 Å². The Morgan fingerprint density at radius 1 is 0.760 bits per heavy atom. The average molecular weight is 350 g/mol. The Kier molecular flexibility index (Phi) is 5.42. The average Bonchev–Trinajstić information content (AvgIpc) is 2.99. The van der Waals surface area contributed by atoms with Gasteiger partial charge < -0.3 is 9.47 Å². The summed E-state index contributed by atoms with van der Waals surface area (Å²) in [5.74, 6) is -0.999. The Morgan fingerprint density at radius 2 is 1.08 bits per heavy atom. The van der Waals surface area contributed by atoms with Crippen LogP contribution in [-0.4, -0.2) is 24.1 Å². The third-order valence-corrected chi connectivity index (χ3v) is 6.17. The van der Waals surface area contributed by atoms with E-state index in [0.717, 1.165) is 6.42 Å². The molecule has 0 spiro atoms. The second kappa shape index (κ2) is 6.77. The van der Waals surface area contributed by atoms with Crippen LogP contribution in [0.4, 0.5) is 0 Å². The SMILES string of the molecule is CC(C)OC(=O)C1C(C(=O)OC(C)C)C2(C(C)C)C=CC1(C(C)C)C2. The van der Waals surface area contributed by atoms with Gasteiger partial charge in [0.05, 0.1) is 24.0 Å². The molecule has 2 rings (SSSR count). The Morgan fingerprint density at radius 3 is 1.32 bits per heavy atom. The molecule has 0 aromatic heterocycles. The number of carbonyl (C=O) groups is 2. The molecule has 0 radical (unpaired) electrons. The molecule has 2 aliphatic carbocycles. The predicted octanol–water partition coefficient (Wildman–Crippen LogP) is 4.38. The highest BCUT2D eigenvalue weighted by molar-refractivity contribution is 5.86. The molecule has 0 aliphatic heterocycles. The molecule has 25 heavy (non-hydrogen) atoms. The molecule has 0 amide bonds. The van der Waals surface area contributed by atoms with Crippen LogP contribution >= 0.6 is 0 Å². The standard InChI is InChI=1S/C21H34O4/c1-12(2)20-9-10-21(11-20,13(3)4)17(19(23)25-15(7)8)16(20)18(22)24-14(5)6/h9-10,12-17H,11H2,1-8H3. The molecule has 4 atom stereocenters. The molecule has 0 saturated heterocycles. The van der Waals surface area contributed by atoms with E-state index in [4.69, 9.17) is 9.47 Å². The molecule has 0 N–H and O–H groups in total. The zero-order valence-electron chi connectivity index (χ0n) is 17.0. The van der Waals surface area contributed by atoms with Gasteiger partial charge in [0.1, 0.15) is 0 Å². The van der Waals surface area contributed by atoms with Crippen molar-refractivity contribution < 1.29 is 19.1 Å². The van der Waals surface area contributed by atoms with Crippen LogP contribution in [0.15, 0.2) is 12.2 Å². The molecule has 2 aliphatic rings. The van der Waals surface area contributed by atoms with Crippen molar-refractivity contribution in [2.75, 3.05) is 0 Å². The van der Waals surface area contributed by atoms with E-state index in [0.29, 0.717) is 0 Å². The van der Waals surface area contributed by atoms with E-state index in [1.807, 2.05) is 27.7 Å². The molecule has 4 unspecified atom stereocenters. The van der Waals surface area contributed by atoms with Crippen molar-refractivity contribution in [3.63, 3.8) is 0 Å². The maximum absolute atomic E-state index is 13.1. The summed E-state index contributed by atoms with van der Waals surface area (Å²) in [7, 11) is 0. The van der Waals surface area contributed by atoms with Gasteiger partial charge in [-0.1, -0.05) is 39.8 Å². The normalized spacial score (nSPS) is 33.8. The van der Waals surface area contributed by atoms with E-state index in [1.165, 1.54) is 0 Å². The lowest BCUT2D eigenvalue weighted by molar-refractivity contribution is -0.170. The summed E-state index contributed by atoms with van der Waals surface area (Å²) < 4.78 is 11.2. The van der Waals surface area contributed by atoms with Crippen LogP contribution < -0.4 is 0 Å². The summed E-state index contributed by atoms with van der Waals surface area (Å²) in [4.78, 5) is 26.1. The first-order valence-electron chi connectivity index (χ1n) is 9.59. The van der Waals surface area contributed by atoms with Crippen LogP contribution in [0.5, 0.6) is 0 Å². The second-order valence-corrected chi connectivity index (χ2v) is 8.97. The van der Waals surface area contributed by atoms with Crippen LogP contribution in [0.3, 0.4) is 0 Å². The van der Waals surface area contributed by atoms with E-state index < -0.39 is 11.8 Å². The van der Waals surface area contributed by atoms with E-state index in [9.17, 15) is 9.59 Å². The minimum Gasteiger partial charge on any atom is -0.463 e. The second-order valence-electron chi connectivity index (χ2n) is 8.97. The first kappa shape index (κ1) is 20.0. The van der Waals surface area contributed by atoms with Crippen LogP contribution in [0.25, 0.3) is 0 Å². The van der Waals surface area contributed by atoms with E-state index >= 15 is 0 Å². The van der Waals surface area contributed by atoms with Gasteiger partial charge in [0.15, 0.2) is 0 Å². The monoisotopic (exact) mass is 350 g/mol. The summed E-state index contributed by atoms with van der Waals surface area (Å²) in [5.41, 5.74) is -0.673. The lowest BCUT2D eigenvalue weighted by atomic mass is 9.64. The van der Waals surface area contributed by atoms with Gasteiger partial charge in [-0.05, 0) is 46.0 Å². The van der Waals surface area contributed by atoms with Crippen molar-refractivity contribution in [2.24, 2.45) is 34.5 Å². The maximum Gasteiger partial charge on any atom is 0.310 e. The minimum atomic E-state index is -0.478. The number of hydrogen-bond acceptors (Lipinski definition) is 4. The highest BCUT2D eigenvalue weighted by Gasteiger charge is 2.69. The summed E-state index contributed by atoms with van der Waals surface area (Å²) in [5, 5.41) is 0. The lowest BCUT2D eigenvalue weighted by Gasteiger charge is -2.40. The first-order chi connectivity index (χ1) is 11.5. The van der Waals surface area contributed by atoms with Gasteiger partial charge in [-0.2, -0.15) is 0 Å². The Bertz CT molecular complexity index is 512. The molecule has 2 bridgehead atoms. The van der Waals surface area contributed by atoms with Gasteiger partial charge in [0, 0.05) is 10.8 Å². The number of esters is 2. The molecule has 0 heterocycles. The predicted molar refractivity (Wildman–Crippen MR) is 97.7 cm³/mol. The molecule has 1 fully saturated rings. The summed E-state index contributed by atoms with van der Waals surface area (Å²) in [6.45, 7) is 15.9. The molecule has 0 aromatic carbocycles. The van der Waals surface area contributed by atoms with E-state index in [-0.39, 0.29) is 46.8 Å².